The fourth-order valence-corrected chi connectivity index (χ4v) is 1.90. The predicted octanol–water partition coefficient (Wildman–Crippen LogP) is 1.58. The van der Waals surface area contributed by atoms with Crippen LogP contribution in [0.1, 0.15) is 30.8 Å². The van der Waals surface area contributed by atoms with Gasteiger partial charge in [-0.1, -0.05) is 13.8 Å². The summed E-state index contributed by atoms with van der Waals surface area (Å²) >= 11 is 0. The lowest BCUT2D eigenvalue weighted by atomic mass is 10.3. The molecule has 0 aliphatic heterocycles. The smallest absolute Gasteiger partial charge is 0.269 e. The van der Waals surface area contributed by atoms with E-state index in [-0.39, 0.29) is 5.91 Å². The van der Waals surface area contributed by atoms with E-state index in [2.05, 4.69) is 34.4 Å². The van der Waals surface area contributed by atoms with Crippen LogP contribution in [0.25, 0.3) is 0 Å². The van der Waals surface area contributed by atoms with Crippen molar-refractivity contribution in [1.29, 1.82) is 0 Å². The molecule has 1 aromatic heterocycles. The van der Waals surface area contributed by atoms with Crippen molar-refractivity contribution in [3.05, 3.63) is 24.0 Å². The molecular formula is C14H24N4O. The first-order valence-electron chi connectivity index (χ1n) is 6.85. The Morgan fingerprint density at radius 1 is 1.37 bits per heavy atom. The van der Waals surface area contributed by atoms with Crippen molar-refractivity contribution in [2.45, 2.75) is 20.3 Å². The van der Waals surface area contributed by atoms with Crippen molar-refractivity contribution in [1.82, 2.24) is 15.2 Å². The molecule has 0 spiro atoms. The molecule has 5 nitrogen and oxygen atoms in total. The number of hydrogen-bond acceptors (Lipinski definition) is 4. The van der Waals surface area contributed by atoms with E-state index < -0.39 is 0 Å². The lowest BCUT2D eigenvalue weighted by molar-refractivity contribution is 0.0958. The average molecular weight is 264 g/mol. The van der Waals surface area contributed by atoms with Crippen LogP contribution in [-0.2, 0) is 0 Å². The topological polar surface area (TPSA) is 57.3 Å². The molecule has 1 amide bonds. The van der Waals surface area contributed by atoms with Gasteiger partial charge in [0.2, 0.25) is 0 Å². The van der Waals surface area contributed by atoms with Gasteiger partial charge in [-0.15, -0.1) is 0 Å². The van der Waals surface area contributed by atoms with E-state index in [1.807, 2.05) is 6.07 Å². The van der Waals surface area contributed by atoms with E-state index >= 15 is 0 Å². The van der Waals surface area contributed by atoms with Gasteiger partial charge in [0.1, 0.15) is 5.69 Å². The summed E-state index contributed by atoms with van der Waals surface area (Å²) < 4.78 is 0. The molecule has 5 heteroatoms. The van der Waals surface area contributed by atoms with Crippen molar-refractivity contribution in [2.75, 3.05) is 38.5 Å². The van der Waals surface area contributed by atoms with E-state index in [0.29, 0.717) is 5.69 Å². The second-order valence-electron chi connectivity index (χ2n) is 4.37. The van der Waals surface area contributed by atoms with Crippen molar-refractivity contribution in [3.63, 3.8) is 0 Å². The van der Waals surface area contributed by atoms with Crippen molar-refractivity contribution in [2.24, 2.45) is 0 Å². The molecule has 1 aromatic rings. The molecular weight excluding hydrogens is 240 g/mol. The Morgan fingerprint density at radius 3 is 2.79 bits per heavy atom. The Morgan fingerprint density at radius 2 is 2.16 bits per heavy atom. The van der Waals surface area contributed by atoms with Gasteiger partial charge in [0.05, 0.1) is 0 Å². The fraction of sp³-hybridized carbons (Fsp3) is 0.571. The van der Waals surface area contributed by atoms with E-state index in [0.717, 1.165) is 31.9 Å². The second-order valence-corrected chi connectivity index (χ2v) is 4.37. The maximum atomic E-state index is 11.5. The number of pyridine rings is 1. The third-order valence-electron chi connectivity index (χ3n) is 2.96. The first-order valence-corrected chi connectivity index (χ1v) is 6.85. The minimum absolute atomic E-state index is 0.162. The molecule has 19 heavy (non-hydrogen) atoms. The molecule has 0 saturated carbocycles. The molecule has 0 radical (unpaired) electrons. The number of likely N-dealkylation sites (N-methyl/N-ethyl adjacent to an activating group) is 1. The molecule has 0 atom stereocenters. The van der Waals surface area contributed by atoms with Crippen LogP contribution in [0.2, 0.25) is 0 Å². The number of carbonyl (C=O) groups is 1. The van der Waals surface area contributed by atoms with E-state index in [1.54, 1.807) is 19.3 Å². The van der Waals surface area contributed by atoms with Crippen LogP contribution in [0.15, 0.2) is 18.3 Å². The summed E-state index contributed by atoms with van der Waals surface area (Å²) in [4.78, 5) is 17.9. The fourth-order valence-electron chi connectivity index (χ4n) is 1.90. The van der Waals surface area contributed by atoms with Gasteiger partial charge in [-0.3, -0.25) is 9.78 Å². The number of anilines is 1. The molecule has 0 fully saturated rings. The lowest BCUT2D eigenvalue weighted by Crippen LogP contribution is -2.29. The molecule has 0 aromatic carbocycles. The number of amides is 1. The minimum atomic E-state index is -0.162. The molecule has 106 valence electrons. The van der Waals surface area contributed by atoms with Gasteiger partial charge >= 0.3 is 0 Å². The van der Waals surface area contributed by atoms with E-state index in [9.17, 15) is 4.79 Å². The SMILES string of the molecule is CCCN(CC)CCNc1ccnc(C(=O)NC)c1. The third-order valence-corrected chi connectivity index (χ3v) is 2.96. The first kappa shape index (κ1) is 15.4. The van der Waals surface area contributed by atoms with E-state index in [4.69, 9.17) is 0 Å². The third kappa shape index (κ3) is 5.26. The van der Waals surface area contributed by atoms with Crippen LogP contribution in [0.5, 0.6) is 0 Å². The number of rotatable bonds is 8. The Labute approximate surface area is 115 Å². The van der Waals surface area contributed by atoms with Crippen molar-refractivity contribution >= 4 is 11.6 Å². The summed E-state index contributed by atoms with van der Waals surface area (Å²) in [6, 6.07) is 3.65. The highest BCUT2D eigenvalue weighted by Gasteiger charge is 2.05. The predicted molar refractivity (Wildman–Crippen MR) is 78.5 cm³/mol. The molecule has 0 aliphatic carbocycles. The maximum absolute atomic E-state index is 11.5. The standard InChI is InChI=1S/C14H24N4O/c1-4-9-18(5-2)10-8-16-12-6-7-17-13(11-12)14(19)15-3/h6-7,11H,4-5,8-10H2,1-3H3,(H,15,19)(H,16,17). The summed E-state index contributed by atoms with van der Waals surface area (Å²) in [5.41, 5.74) is 1.37. The summed E-state index contributed by atoms with van der Waals surface area (Å²) in [7, 11) is 1.61. The quantitative estimate of drug-likeness (QED) is 0.748. The molecule has 1 rings (SSSR count). The van der Waals surface area contributed by atoms with Gasteiger partial charge < -0.3 is 15.5 Å². The Hall–Kier alpha value is -1.62. The number of hydrogen-bond donors (Lipinski definition) is 2. The van der Waals surface area contributed by atoms with Crippen LogP contribution >= 0.6 is 0 Å². The van der Waals surface area contributed by atoms with E-state index in [1.165, 1.54) is 6.42 Å². The zero-order valence-corrected chi connectivity index (χ0v) is 12.1. The van der Waals surface area contributed by atoms with Gasteiger partial charge in [-0.2, -0.15) is 0 Å². The van der Waals surface area contributed by atoms with Gasteiger partial charge in [-0.25, -0.2) is 0 Å². The number of nitrogens with one attached hydrogen (secondary N) is 2. The van der Waals surface area contributed by atoms with Gasteiger partial charge in [-0.05, 0) is 31.6 Å². The lowest BCUT2D eigenvalue weighted by Gasteiger charge is -2.19. The molecule has 0 saturated heterocycles. The van der Waals surface area contributed by atoms with Crippen LogP contribution in [0, 0.1) is 0 Å². The van der Waals surface area contributed by atoms with Crippen molar-refractivity contribution in [3.8, 4) is 0 Å². The van der Waals surface area contributed by atoms with Crippen LogP contribution in [-0.4, -0.2) is 49.0 Å². The molecule has 1 heterocycles. The summed E-state index contributed by atoms with van der Waals surface area (Å²) in [6.45, 7) is 8.42. The monoisotopic (exact) mass is 264 g/mol. The van der Waals surface area contributed by atoms with Crippen LogP contribution in [0.3, 0.4) is 0 Å². The molecule has 2 N–H and O–H groups in total. The number of aromatic nitrogens is 1. The Bertz CT molecular complexity index is 395. The molecule has 0 aliphatic rings. The average Bonchev–Trinajstić information content (AvgIpc) is 2.45. The zero-order chi connectivity index (χ0) is 14.1. The van der Waals surface area contributed by atoms with Crippen LogP contribution in [0.4, 0.5) is 5.69 Å². The zero-order valence-electron chi connectivity index (χ0n) is 12.1. The molecule has 0 unspecified atom stereocenters. The largest absolute Gasteiger partial charge is 0.384 e. The van der Waals surface area contributed by atoms with Gasteiger partial charge in [0, 0.05) is 32.0 Å². The maximum Gasteiger partial charge on any atom is 0.269 e. The van der Waals surface area contributed by atoms with Gasteiger partial charge in [0.25, 0.3) is 5.91 Å². The number of carbonyl (C=O) groups excluding carboxylic acids is 1. The first-order chi connectivity index (χ1) is 9.21. The minimum Gasteiger partial charge on any atom is -0.384 e. The highest BCUT2D eigenvalue weighted by atomic mass is 16.1. The Balaban J connectivity index is 2.47. The highest BCUT2D eigenvalue weighted by molar-refractivity contribution is 5.92. The van der Waals surface area contributed by atoms with Gasteiger partial charge in [0.15, 0.2) is 0 Å². The molecule has 0 bridgehead atoms. The van der Waals surface area contributed by atoms with Crippen LogP contribution < -0.4 is 10.6 Å². The second kappa shape index (κ2) is 8.48. The number of nitrogens with zero attached hydrogens (tertiary/aromatic N) is 2. The van der Waals surface area contributed by atoms with Crippen molar-refractivity contribution < 1.29 is 4.79 Å². The normalized spacial score (nSPS) is 10.5. The Kier molecular flexibility index (Phi) is 6.89. The summed E-state index contributed by atoms with van der Waals surface area (Å²) in [5.74, 6) is -0.162. The highest BCUT2D eigenvalue weighted by Crippen LogP contribution is 2.07. The summed E-state index contributed by atoms with van der Waals surface area (Å²) in [6.07, 6.45) is 2.82. The summed E-state index contributed by atoms with van der Waals surface area (Å²) in [5, 5.41) is 5.90.